The minimum Gasteiger partial charge on any atom is -0.480 e. The van der Waals surface area contributed by atoms with Gasteiger partial charge in [0, 0.05) is 18.7 Å². The number of carbonyl (C=O) groups excluding carboxylic acids is 1. The van der Waals surface area contributed by atoms with Crippen molar-refractivity contribution in [3.05, 3.63) is 28.8 Å². The van der Waals surface area contributed by atoms with Gasteiger partial charge in [-0.1, -0.05) is 6.92 Å². The number of carboxylic acid groups (broad SMARTS) is 1. The topological polar surface area (TPSA) is 104 Å². The molecule has 2 N–H and O–H groups in total. The number of aryl methyl sites for hydroxylation is 1. The van der Waals surface area contributed by atoms with E-state index in [1.54, 1.807) is 19.9 Å². The summed E-state index contributed by atoms with van der Waals surface area (Å²) < 4.78 is 27.8. The van der Waals surface area contributed by atoms with Crippen molar-refractivity contribution in [2.24, 2.45) is 5.92 Å². The molecule has 148 valence electrons. The molecule has 0 radical (unpaired) electrons. The molecule has 1 heterocycles. The van der Waals surface area contributed by atoms with E-state index in [9.17, 15) is 23.1 Å². The van der Waals surface area contributed by atoms with E-state index in [0.717, 1.165) is 12.8 Å². The molecule has 1 amide bonds. The molecule has 1 aliphatic heterocycles. The lowest BCUT2D eigenvalue weighted by molar-refractivity contribution is -0.140. The van der Waals surface area contributed by atoms with Crippen LogP contribution in [0, 0.1) is 19.8 Å². The Balaban J connectivity index is 1.92. The van der Waals surface area contributed by atoms with Crippen LogP contribution in [0.15, 0.2) is 17.0 Å². The number of hydrogen-bond donors (Lipinski definition) is 2. The van der Waals surface area contributed by atoms with Crippen LogP contribution in [-0.4, -0.2) is 48.3 Å². The molecule has 1 saturated carbocycles. The highest BCUT2D eigenvalue weighted by Gasteiger charge is 2.51. The summed E-state index contributed by atoms with van der Waals surface area (Å²) in [6, 6.07) is 2.99. The van der Waals surface area contributed by atoms with E-state index in [4.69, 9.17) is 0 Å². The van der Waals surface area contributed by atoms with Crippen LogP contribution in [0.4, 0.5) is 0 Å². The summed E-state index contributed by atoms with van der Waals surface area (Å²) in [5, 5.41) is 11.8. The Bertz CT molecular complexity index is 882. The lowest BCUT2D eigenvalue weighted by atomic mass is 10.0. The molecule has 1 aromatic rings. The normalized spacial score (nSPS) is 20.3. The number of piperidine rings is 1. The molecule has 1 saturated heterocycles. The predicted molar refractivity (Wildman–Crippen MR) is 100 cm³/mol. The van der Waals surface area contributed by atoms with Crippen LogP contribution >= 0.6 is 0 Å². The molecule has 2 fully saturated rings. The quantitative estimate of drug-likeness (QED) is 0.796. The van der Waals surface area contributed by atoms with Gasteiger partial charge in [0.2, 0.25) is 10.0 Å². The van der Waals surface area contributed by atoms with Crippen molar-refractivity contribution >= 4 is 21.9 Å². The first-order valence-electron chi connectivity index (χ1n) is 9.24. The molecule has 0 unspecified atom stereocenters. The van der Waals surface area contributed by atoms with Gasteiger partial charge in [-0.05, 0) is 68.7 Å². The summed E-state index contributed by atoms with van der Waals surface area (Å²) >= 11 is 0. The molecule has 0 aromatic heterocycles. The fourth-order valence-electron chi connectivity index (χ4n) is 3.40. The summed E-state index contributed by atoms with van der Waals surface area (Å²) in [6.45, 7) is 6.55. The molecule has 1 aromatic carbocycles. The van der Waals surface area contributed by atoms with Crippen LogP contribution in [0.1, 0.15) is 54.1 Å². The van der Waals surface area contributed by atoms with Crippen LogP contribution in [0.5, 0.6) is 0 Å². The Labute approximate surface area is 159 Å². The van der Waals surface area contributed by atoms with Crippen LogP contribution in [0.3, 0.4) is 0 Å². The molecule has 1 aliphatic carbocycles. The van der Waals surface area contributed by atoms with E-state index in [1.807, 2.05) is 0 Å². The predicted octanol–water partition coefficient (Wildman–Crippen LogP) is 2.07. The third-order valence-electron chi connectivity index (χ3n) is 5.75. The van der Waals surface area contributed by atoms with Crippen molar-refractivity contribution in [3.8, 4) is 0 Å². The number of carboxylic acids is 1. The summed E-state index contributed by atoms with van der Waals surface area (Å²) in [5.41, 5.74) is 0.267. The smallest absolute Gasteiger partial charge is 0.329 e. The largest absolute Gasteiger partial charge is 0.480 e. The third kappa shape index (κ3) is 3.73. The fourth-order valence-corrected chi connectivity index (χ4v) is 5.19. The monoisotopic (exact) mass is 394 g/mol. The summed E-state index contributed by atoms with van der Waals surface area (Å²) in [7, 11) is -3.70. The van der Waals surface area contributed by atoms with E-state index in [-0.39, 0.29) is 10.5 Å². The first-order chi connectivity index (χ1) is 12.6. The van der Waals surface area contributed by atoms with Crippen molar-refractivity contribution < 1.29 is 23.1 Å². The Kier molecular flexibility index (Phi) is 5.07. The van der Waals surface area contributed by atoms with Gasteiger partial charge >= 0.3 is 5.97 Å². The lowest BCUT2D eigenvalue weighted by Crippen LogP contribution is -2.43. The van der Waals surface area contributed by atoms with E-state index in [1.165, 1.54) is 10.4 Å². The number of carbonyl (C=O) groups is 2. The zero-order valence-electron chi connectivity index (χ0n) is 15.9. The first-order valence-corrected chi connectivity index (χ1v) is 10.7. The van der Waals surface area contributed by atoms with Crippen LogP contribution in [-0.2, 0) is 14.8 Å². The standard InChI is InChI=1S/C19H26N2O5S/c1-12-4-8-21(9-5-12)27(25,26)16-11-15(10-13(2)14(16)3)17(22)20-19(6-7-19)18(23)24/h10-12H,4-9H2,1-3H3,(H,20,22)(H,23,24). The Hall–Kier alpha value is -1.93. The molecule has 0 spiro atoms. The number of rotatable bonds is 5. The van der Waals surface area contributed by atoms with Gasteiger partial charge in [-0.2, -0.15) is 4.31 Å². The SMILES string of the molecule is Cc1cc(C(=O)NC2(C(=O)O)CC2)cc(S(=O)(=O)N2CCC(C)CC2)c1C. The van der Waals surface area contributed by atoms with Crippen molar-refractivity contribution in [2.45, 2.75) is 56.9 Å². The van der Waals surface area contributed by atoms with Crippen molar-refractivity contribution in [2.75, 3.05) is 13.1 Å². The molecule has 3 rings (SSSR count). The zero-order valence-corrected chi connectivity index (χ0v) is 16.7. The number of nitrogens with zero attached hydrogens (tertiary/aromatic N) is 1. The van der Waals surface area contributed by atoms with Crippen LogP contribution in [0.25, 0.3) is 0 Å². The fraction of sp³-hybridized carbons (Fsp3) is 0.579. The summed E-state index contributed by atoms with van der Waals surface area (Å²) in [4.78, 5) is 24.0. The second-order valence-corrected chi connectivity index (χ2v) is 9.75. The van der Waals surface area contributed by atoms with Crippen LogP contribution in [0.2, 0.25) is 0 Å². The maximum atomic E-state index is 13.1. The average molecular weight is 394 g/mol. The van der Waals surface area contributed by atoms with E-state index in [0.29, 0.717) is 43.0 Å². The van der Waals surface area contributed by atoms with Gasteiger partial charge in [0.05, 0.1) is 4.90 Å². The number of hydrogen-bond acceptors (Lipinski definition) is 4. The minimum absolute atomic E-state index is 0.127. The Morgan fingerprint density at radius 2 is 1.78 bits per heavy atom. The summed E-state index contributed by atoms with van der Waals surface area (Å²) in [5.74, 6) is -1.11. The first kappa shape index (κ1) is 19.8. The maximum Gasteiger partial charge on any atom is 0.329 e. The Morgan fingerprint density at radius 1 is 1.19 bits per heavy atom. The van der Waals surface area contributed by atoms with Gasteiger partial charge in [0.15, 0.2) is 0 Å². The zero-order chi connectivity index (χ0) is 20.0. The minimum atomic E-state index is -3.70. The van der Waals surface area contributed by atoms with Gasteiger partial charge in [-0.25, -0.2) is 13.2 Å². The number of benzene rings is 1. The number of amides is 1. The second-order valence-electron chi connectivity index (χ2n) is 7.84. The van der Waals surface area contributed by atoms with E-state index < -0.39 is 27.4 Å². The molecular formula is C19H26N2O5S. The highest BCUT2D eigenvalue weighted by atomic mass is 32.2. The highest BCUT2D eigenvalue weighted by molar-refractivity contribution is 7.89. The van der Waals surface area contributed by atoms with Gasteiger partial charge in [0.25, 0.3) is 5.91 Å². The van der Waals surface area contributed by atoms with Crippen LogP contribution < -0.4 is 5.32 Å². The third-order valence-corrected chi connectivity index (χ3v) is 7.78. The van der Waals surface area contributed by atoms with E-state index in [2.05, 4.69) is 12.2 Å². The maximum absolute atomic E-state index is 13.1. The van der Waals surface area contributed by atoms with Crippen molar-refractivity contribution in [1.82, 2.24) is 9.62 Å². The average Bonchev–Trinajstić information content (AvgIpc) is 3.38. The van der Waals surface area contributed by atoms with Gasteiger partial charge < -0.3 is 10.4 Å². The lowest BCUT2D eigenvalue weighted by Gasteiger charge is -2.30. The summed E-state index contributed by atoms with van der Waals surface area (Å²) in [6.07, 6.45) is 2.41. The molecule has 2 aliphatic rings. The molecule has 0 bridgehead atoms. The number of nitrogens with one attached hydrogen (secondary N) is 1. The molecule has 27 heavy (non-hydrogen) atoms. The molecule has 7 nitrogen and oxygen atoms in total. The van der Waals surface area contributed by atoms with Gasteiger partial charge in [0.1, 0.15) is 5.54 Å². The van der Waals surface area contributed by atoms with Crippen molar-refractivity contribution in [3.63, 3.8) is 0 Å². The molecular weight excluding hydrogens is 368 g/mol. The van der Waals surface area contributed by atoms with Gasteiger partial charge in [-0.15, -0.1) is 0 Å². The molecule has 8 heteroatoms. The van der Waals surface area contributed by atoms with E-state index >= 15 is 0 Å². The highest BCUT2D eigenvalue weighted by Crippen LogP contribution is 2.36. The van der Waals surface area contributed by atoms with Crippen molar-refractivity contribution in [1.29, 1.82) is 0 Å². The molecule has 0 atom stereocenters. The number of sulfonamides is 1. The van der Waals surface area contributed by atoms with Gasteiger partial charge in [-0.3, -0.25) is 4.79 Å². The Morgan fingerprint density at radius 3 is 2.30 bits per heavy atom. The number of aliphatic carboxylic acids is 1. The second kappa shape index (κ2) is 6.91.